The van der Waals surface area contributed by atoms with Crippen molar-refractivity contribution in [1.29, 1.82) is 0 Å². The number of imidazole rings is 1. The fourth-order valence-electron chi connectivity index (χ4n) is 4.47. The monoisotopic (exact) mass is 620 g/mol. The Morgan fingerprint density at radius 3 is 2.56 bits per heavy atom. The van der Waals surface area contributed by atoms with Crippen LogP contribution in [-0.4, -0.2) is 86.5 Å². The maximum absolute atomic E-state index is 12.8. The minimum absolute atomic E-state index is 0.0192. The smallest absolute Gasteiger partial charge is 0.388 e. The summed E-state index contributed by atoms with van der Waals surface area (Å²) in [5.74, 6) is 0.0893. The molecule has 2 aliphatic heterocycles. The van der Waals surface area contributed by atoms with Gasteiger partial charge < -0.3 is 40.7 Å². The Morgan fingerprint density at radius 1 is 1.05 bits per heavy atom. The average molecular weight is 620 g/mol. The first kappa shape index (κ1) is 29.6. The average Bonchev–Trinajstić information content (AvgIpc) is 3.58. The number of anilines is 2. The predicted molar refractivity (Wildman–Crippen MR) is 134 cm³/mol. The van der Waals surface area contributed by atoms with E-state index in [9.17, 15) is 23.9 Å². The van der Waals surface area contributed by atoms with Gasteiger partial charge in [0, 0.05) is 19.0 Å². The van der Waals surface area contributed by atoms with Gasteiger partial charge in [-0.15, -0.1) is 0 Å². The van der Waals surface area contributed by atoms with Crippen molar-refractivity contribution in [2.45, 2.75) is 49.7 Å². The number of aliphatic hydroxyl groups is 1. The number of hydrogen-bond acceptors (Lipinski definition) is 15. The molecule has 7 atom stereocenters. The van der Waals surface area contributed by atoms with E-state index in [0.29, 0.717) is 11.2 Å². The van der Waals surface area contributed by atoms with E-state index in [1.165, 1.54) is 29.5 Å². The number of ether oxygens (including phenoxy) is 2. The Balaban J connectivity index is 1.24. The molecular weight excluding hydrogens is 594 g/mol. The molecule has 0 radical (unpaired) electrons. The highest BCUT2D eigenvalue weighted by Crippen LogP contribution is 2.49. The topological polar surface area (TPSA) is 292 Å². The molecule has 22 heteroatoms. The summed E-state index contributed by atoms with van der Waals surface area (Å²) in [6, 6.07) is 1.32. The van der Waals surface area contributed by atoms with Crippen LogP contribution in [-0.2, 0) is 32.2 Å². The van der Waals surface area contributed by atoms with E-state index in [2.05, 4.69) is 24.5 Å². The zero-order valence-corrected chi connectivity index (χ0v) is 22.7. The van der Waals surface area contributed by atoms with Crippen molar-refractivity contribution in [1.82, 2.24) is 29.1 Å². The Kier molecular flexibility index (Phi) is 8.25. The number of aliphatic hydroxyl groups excluding tert-OH is 1. The SMILES string of the molecule is Nc1ccn([C@H]2C[C@H](OP(=O)(O)OC[C@@H]3C[C@@H](O)[C@H](n4cnc5c(N)ncnc54)O3)[C@H](COP(=O)(O)O)O2)c(=O)n1. The van der Waals surface area contributed by atoms with Crippen LogP contribution in [0.25, 0.3) is 11.2 Å². The first-order valence-corrected chi connectivity index (χ1v) is 14.9. The van der Waals surface area contributed by atoms with Crippen LogP contribution >= 0.6 is 15.6 Å². The van der Waals surface area contributed by atoms with E-state index >= 15 is 0 Å². The molecule has 3 aromatic heterocycles. The Morgan fingerprint density at radius 2 is 1.83 bits per heavy atom. The molecule has 0 bridgehead atoms. The number of nitrogens with zero attached hydrogens (tertiary/aromatic N) is 6. The zero-order chi connectivity index (χ0) is 29.5. The fourth-order valence-corrected chi connectivity index (χ4v) is 5.79. The molecule has 5 rings (SSSR count). The lowest BCUT2D eigenvalue weighted by Crippen LogP contribution is -2.29. The van der Waals surface area contributed by atoms with E-state index in [1.54, 1.807) is 0 Å². The third-order valence-corrected chi connectivity index (χ3v) is 7.77. The Labute approximate surface area is 229 Å². The Hall–Kier alpha value is -2.87. The lowest BCUT2D eigenvalue weighted by molar-refractivity contribution is -0.0562. The normalized spacial score (nSPS) is 28.3. The van der Waals surface area contributed by atoms with Crippen molar-refractivity contribution < 1.29 is 52.0 Å². The number of phosphoric acid groups is 2. The molecule has 0 amide bonds. The Bertz CT molecular complexity index is 1560. The van der Waals surface area contributed by atoms with Gasteiger partial charge in [0.15, 0.2) is 17.7 Å². The van der Waals surface area contributed by atoms with Gasteiger partial charge in [0.2, 0.25) is 0 Å². The summed E-state index contributed by atoms with van der Waals surface area (Å²) in [5, 5.41) is 10.6. The van der Waals surface area contributed by atoms with Crippen LogP contribution in [0.1, 0.15) is 25.3 Å². The van der Waals surface area contributed by atoms with Gasteiger partial charge in [-0.3, -0.25) is 22.7 Å². The standard InChI is InChI=1S/C19H26N8O12P2/c20-13-1-2-26(19(29)25-13)14-4-11(12(38-14)6-35-40(30,31)32)39-41(33,34)36-5-9-3-10(28)18(37-9)27-8-24-15-16(21)22-7-23-17(15)27/h1-2,7-12,14,18,28H,3-6H2,(H,33,34)(H2,20,25,29)(H2,21,22,23)(H2,30,31,32)/t9-,10+,11-,12-,14+,18+/m0/s1. The number of hydrogen-bond donors (Lipinski definition) is 6. The minimum atomic E-state index is -4.94. The van der Waals surface area contributed by atoms with Crippen LogP contribution in [0.2, 0.25) is 0 Å². The van der Waals surface area contributed by atoms with Crippen LogP contribution in [0.3, 0.4) is 0 Å². The minimum Gasteiger partial charge on any atom is -0.388 e. The fraction of sp³-hybridized carbons (Fsp3) is 0.526. The third kappa shape index (κ3) is 6.79. The molecule has 0 saturated carbocycles. The maximum Gasteiger partial charge on any atom is 0.472 e. The summed E-state index contributed by atoms with van der Waals surface area (Å²) < 4.78 is 52.8. The number of phosphoric ester groups is 2. The largest absolute Gasteiger partial charge is 0.472 e. The summed E-state index contributed by atoms with van der Waals surface area (Å²) >= 11 is 0. The lowest BCUT2D eigenvalue weighted by atomic mass is 10.2. The van der Waals surface area contributed by atoms with Gasteiger partial charge in [0.1, 0.15) is 42.2 Å². The first-order valence-electron chi connectivity index (χ1n) is 11.9. The highest BCUT2D eigenvalue weighted by Gasteiger charge is 2.44. The van der Waals surface area contributed by atoms with Crippen LogP contribution in [0, 0.1) is 0 Å². The van der Waals surface area contributed by atoms with E-state index in [4.69, 9.17) is 39.8 Å². The second-order valence-corrected chi connectivity index (χ2v) is 11.8. The molecule has 0 aliphatic carbocycles. The maximum atomic E-state index is 12.8. The molecule has 2 aliphatic rings. The summed E-state index contributed by atoms with van der Waals surface area (Å²) in [7, 11) is -9.79. The van der Waals surface area contributed by atoms with Gasteiger partial charge in [-0.05, 0) is 6.07 Å². The molecule has 224 valence electrons. The summed E-state index contributed by atoms with van der Waals surface area (Å²) in [5.41, 5.74) is 11.1. The van der Waals surface area contributed by atoms with Crippen LogP contribution < -0.4 is 17.2 Å². The molecule has 2 saturated heterocycles. The van der Waals surface area contributed by atoms with Gasteiger partial charge in [-0.2, -0.15) is 4.98 Å². The van der Waals surface area contributed by atoms with E-state index in [-0.39, 0.29) is 24.5 Å². The van der Waals surface area contributed by atoms with Gasteiger partial charge in [0.05, 0.1) is 25.6 Å². The van der Waals surface area contributed by atoms with Crippen molar-refractivity contribution in [3.8, 4) is 0 Å². The molecule has 41 heavy (non-hydrogen) atoms. The third-order valence-electron chi connectivity index (χ3n) is 6.27. The molecule has 8 N–H and O–H groups in total. The van der Waals surface area contributed by atoms with Crippen molar-refractivity contribution >= 4 is 38.4 Å². The summed E-state index contributed by atoms with van der Waals surface area (Å²) in [4.78, 5) is 56.5. The summed E-state index contributed by atoms with van der Waals surface area (Å²) in [6.45, 7) is -1.22. The second-order valence-electron chi connectivity index (χ2n) is 9.14. The molecule has 1 unspecified atom stereocenters. The zero-order valence-electron chi connectivity index (χ0n) is 20.9. The predicted octanol–water partition coefficient (Wildman–Crippen LogP) is -1.20. The van der Waals surface area contributed by atoms with E-state index < -0.39 is 71.4 Å². The molecule has 0 spiro atoms. The van der Waals surface area contributed by atoms with Gasteiger partial charge in [-0.25, -0.2) is 28.9 Å². The lowest BCUT2D eigenvalue weighted by Gasteiger charge is -2.22. The van der Waals surface area contributed by atoms with Crippen LogP contribution in [0.15, 0.2) is 29.7 Å². The molecule has 20 nitrogen and oxygen atoms in total. The van der Waals surface area contributed by atoms with Gasteiger partial charge in [0.25, 0.3) is 0 Å². The number of aromatic nitrogens is 6. The molecule has 0 aromatic carbocycles. The van der Waals surface area contributed by atoms with Crippen molar-refractivity contribution in [3.63, 3.8) is 0 Å². The van der Waals surface area contributed by atoms with Gasteiger partial charge >= 0.3 is 21.3 Å². The first-order chi connectivity index (χ1) is 19.3. The number of nitrogens with two attached hydrogens (primary N) is 2. The van der Waals surface area contributed by atoms with E-state index in [0.717, 1.165) is 4.57 Å². The van der Waals surface area contributed by atoms with Crippen LogP contribution in [0.4, 0.5) is 11.6 Å². The second kappa shape index (κ2) is 11.4. The molecular formula is C19H26N8O12P2. The summed E-state index contributed by atoms with van der Waals surface area (Å²) in [6.07, 6.45) is -2.88. The molecule has 2 fully saturated rings. The van der Waals surface area contributed by atoms with Crippen molar-refractivity contribution in [3.05, 3.63) is 35.4 Å². The number of nitrogen functional groups attached to an aromatic ring is 2. The van der Waals surface area contributed by atoms with Crippen LogP contribution in [0.5, 0.6) is 0 Å². The number of rotatable bonds is 10. The number of fused-ring (bicyclic) bond motifs is 1. The molecule has 3 aromatic rings. The quantitative estimate of drug-likeness (QED) is 0.145. The highest BCUT2D eigenvalue weighted by molar-refractivity contribution is 7.47. The molecule has 5 heterocycles. The highest BCUT2D eigenvalue weighted by atomic mass is 31.2. The van der Waals surface area contributed by atoms with E-state index in [1.807, 2.05) is 0 Å². The van der Waals surface area contributed by atoms with Gasteiger partial charge in [-0.1, -0.05) is 0 Å². The van der Waals surface area contributed by atoms with Crippen molar-refractivity contribution in [2.24, 2.45) is 0 Å². The van der Waals surface area contributed by atoms with Crippen molar-refractivity contribution in [2.75, 3.05) is 24.7 Å².